The van der Waals surface area contributed by atoms with Crippen molar-refractivity contribution in [2.45, 2.75) is 346 Å². The number of hydrogen-bond donors (Lipinski definition) is 6. The number of amides is 1. The first-order valence-corrected chi connectivity index (χ1v) is 31.8. The Balaban J connectivity index is 2.65. The topological polar surface area (TPSA) is 175 Å². The van der Waals surface area contributed by atoms with Gasteiger partial charge in [-0.15, -0.1) is 0 Å². The Morgan fingerprint density at radius 2 is 0.880 bits per heavy atom. The van der Waals surface area contributed by atoms with Gasteiger partial charge in [-0.2, -0.15) is 0 Å². The van der Waals surface area contributed by atoms with E-state index in [2.05, 4.69) is 50.4 Å². The molecule has 75 heavy (non-hydrogen) atoms. The third-order valence-corrected chi connectivity index (χ3v) is 15.0. The Hall–Kier alpha value is -2.12. The quantitative estimate of drug-likeness (QED) is 0.0195. The molecule has 8 atom stereocenters. The zero-order valence-electron chi connectivity index (χ0n) is 48.7. The van der Waals surface area contributed by atoms with Gasteiger partial charge in [-0.3, -0.25) is 9.59 Å². The van der Waals surface area contributed by atoms with Gasteiger partial charge in [0.2, 0.25) is 5.91 Å². The highest BCUT2D eigenvalue weighted by Gasteiger charge is 2.47. The molecule has 1 heterocycles. The number of unbranched alkanes of at least 4 members (excludes halogenated alkanes) is 36. The fraction of sp³-hybridized carbons (Fsp3) is 0.875. The van der Waals surface area contributed by atoms with Gasteiger partial charge in [-0.1, -0.05) is 250 Å². The number of nitrogens with one attached hydrogen (secondary N) is 1. The summed E-state index contributed by atoms with van der Waals surface area (Å²) in [5.74, 6) is -1.19. The van der Waals surface area contributed by atoms with Gasteiger partial charge >= 0.3 is 5.97 Å². The highest BCUT2D eigenvalue weighted by atomic mass is 16.7. The lowest BCUT2D eigenvalue weighted by atomic mass is 9.99. The molecule has 1 rings (SSSR count). The second-order valence-corrected chi connectivity index (χ2v) is 22.1. The number of rotatable bonds is 54. The van der Waals surface area contributed by atoms with Crippen molar-refractivity contribution in [3.05, 3.63) is 36.5 Å². The van der Waals surface area contributed by atoms with E-state index in [-0.39, 0.29) is 19.4 Å². The van der Waals surface area contributed by atoms with Crippen molar-refractivity contribution in [1.82, 2.24) is 5.32 Å². The average Bonchev–Trinajstić information content (AvgIpc) is 3.41. The van der Waals surface area contributed by atoms with E-state index in [0.717, 1.165) is 77.0 Å². The number of carbonyl (C=O) groups is 2. The van der Waals surface area contributed by atoms with E-state index in [9.17, 15) is 35.1 Å². The zero-order valence-corrected chi connectivity index (χ0v) is 48.7. The molecule has 0 aromatic rings. The molecule has 1 aliphatic rings. The van der Waals surface area contributed by atoms with Crippen molar-refractivity contribution in [3.8, 4) is 0 Å². The number of allylic oxidation sites excluding steroid dienone is 5. The van der Waals surface area contributed by atoms with Crippen molar-refractivity contribution < 1.29 is 49.3 Å². The molecule has 1 aliphatic heterocycles. The summed E-state index contributed by atoms with van der Waals surface area (Å²) >= 11 is 0. The minimum Gasteiger partial charge on any atom is -0.454 e. The van der Waals surface area contributed by atoms with Gasteiger partial charge in [-0.25, -0.2) is 0 Å². The maximum absolute atomic E-state index is 13.4. The third kappa shape index (κ3) is 40.7. The minimum atomic E-state index is -1.61. The van der Waals surface area contributed by atoms with Gasteiger partial charge in [-0.05, 0) is 77.0 Å². The minimum absolute atomic E-state index is 0.120. The van der Waals surface area contributed by atoms with Crippen LogP contribution >= 0.6 is 0 Å². The van der Waals surface area contributed by atoms with E-state index >= 15 is 0 Å². The maximum atomic E-state index is 13.4. The standard InChI is InChI=1S/C64H119NO10/c1-4-7-10-13-16-19-22-24-26-28-30-31-33-36-39-42-45-48-51-57(68)63(72)65-55(56(67)50-47-44-41-38-35-21-18-15-12-9-6-3)54-73-64-62(61(71)60(70)58(53-66)74-64)75-59(69)52-49-46-43-40-37-34-32-29-27-25-23-20-17-14-11-8-5-2/h24-27,47,50,55-58,60-62,64,66-68,70-71H,4-23,28-46,48-49,51-54H2,1-3H3,(H,65,72)/b26-24+,27-25+,50-47+. The van der Waals surface area contributed by atoms with Crippen LogP contribution in [0.15, 0.2) is 36.5 Å². The predicted octanol–water partition coefficient (Wildman–Crippen LogP) is 15.1. The lowest BCUT2D eigenvalue weighted by Crippen LogP contribution is -2.61. The van der Waals surface area contributed by atoms with E-state index < -0.39 is 67.4 Å². The molecule has 8 unspecified atom stereocenters. The van der Waals surface area contributed by atoms with Gasteiger partial charge < -0.3 is 45.1 Å². The van der Waals surface area contributed by atoms with Crippen LogP contribution in [0.4, 0.5) is 0 Å². The second kappa shape index (κ2) is 52.6. The molecule has 0 spiro atoms. The zero-order chi connectivity index (χ0) is 54.7. The van der Waals surface area contributed by atoms with E-state index in [0.29, 0.717) is 12.8 Å². The predicted molar refractivity (Wildman–Crippen MR) is 311 cm³/mol. The lowest BCUT2D eigenvalue weighted by Gasteiger charge is -2.41. The lowest BCUT2D eigenvalue weighted by molar-refractivity contribution is -0.305. The Labute approximate surface area is 460 Å². The highest BCUT2D eigenvalue weighted by molar-refractivity contribution is 5.80. The molecule has 11 nitrogen and oxygen atoms in total. The van der Waals surface area contributed by atoms with E-state index in [1.165, 1.54) is 173 Å². The smallest absolute Gasteiger partial charge is 0.306 e. The summed E-state index contributed by atoms with van der Waals surface area (Å²) in [6, 6.07) is -1.02. The second-order valence-electron chi connectivity index (χ2n) is 22.1. The van der Waals surface area contributed by atoms with E-state index in [1.54, 1.807) is 6.08 Å². The number of carbonyl (C=O) groups excluding carboxylic acids is 2. The van der Waals surface area contributed by atoms with Crippen molar-refractivity contribution >= 4 is 11.9 Å². The van der Waals surface area contributed by atoms with Gasteiger partial charge in [0.15, 0.2) is 12.4 Å². The molecule has 1 amide bonds. The molecule has 440 valence electrons. The van der Waals surface area contributed by atoms with Crippen LogP contribution in [0.3, 0.4) is 0 Å². The van der Waals surface area contributed by atoms with Crippen LogP contribution in [0.25, 0.3) is 0 Å². The van der Waals surface area contributed by atoms with Crippen LogP contribution < -0.4 is 5.32 Å². The molecule has 6 N–H and O–H groups in total. The average molecular weight is 1060 g/mol. The first kappa shape index (κ1) is 70.9. The van der Waals surface area contributed by atoms with E-state index in [4.69, 9.17) is 14.2 Å². The number of esters is 1. The number of aliphatic hydroxyl groups is 5. The molecule has 0 bridgehead atoms. The molecule has 0 radical (unpaired) electrons. The fourth-order valence-electron chi connectivity index (χ4n) is 9.94. The van der Waals surface area contributed by atoms with Gasteiger partial charge in [0.05, 0.1) is 25.4 Å². The van der Waals surface area contributed by atoms with Crippen LogP contribution in [0.1, 0.15) is 297 Å². The maximum Gasteiger partial charge on any atom is 0.306 e. The Morgan fingerprint density at radius 1 is 0.507 bits per heavy atom. The molecule has 0 aromatic heterocycles. The third-order valence-electron chi connectivity index (χ3n) is 15.0. The number of ether oxygens (including phenoxy) is 3. The number of hydrogen-bond acceptors (Lipinski definition) is 10. The summed E-state index contributed by atoms with van der Waals surface area (Å²) in [5.41, 5.74) is 0. The summed E-state index contributed by atoms with van der Waals surface area (Å²) in [6.45, 7) is 5.79. The van der Waals surface area contributed by atoms with Crippen molar-refractivity contribution in [2.24, 2.45) is 0 Å². The normalized spacial score (nSPS) is 19.4. The summed E-state index contributed by atoms with van der Waals surface area (Å²) in [6.07, 6.45) is 51.8. The van der Waals surface area contributed by atoms with Crippen molar-refractivity contribution in [3.63, 3.8) is 0 Å². The molecule has 1 saturated heterocycles. The SMILES string of the molecule is CCCCCCCC/C=C/CCCCCCCCCCC(O)C(=O)NC(COC1OC(CO)C(O)C(O)C1OC(=O)CCCCCCCCC/C=C/CCCCCCCC)C(O)/C=C/CCCCCCCCCCC. The van der Waals surface area contributed by atoms with Gasteiger partial charge in [0.25, 0.3) is 0 Å². The molecule has 1 fully saturated rings. The summed E-state index contributed by atoms with van der Waals surface area (Å²) < 4.78 is 17.6. The van der Waals surface area contributed by atoms with Crippen molar-refractivity contribution in [2.75, 3.05) is 13.2 Å². The van der Waals surface area contributed by atoms with E-state index in [1.807, 2.05) is 6.08 Å². The molecule has 0 aliphatic carbocycles. The van der Waals surface area contributed by atoms with Crippen LogP contribution in [0.2, 0.25) is 0 Å². The largest absolute Gasteiger partial charge is 0.454 e. The first-order valence-electron chi connectivity index (χ1n) is 31.8. The van der Waals surface area contributed by atoms with Crippen LogP contribution in [-0.2, 0) is 23.8 Å². The molecule has 0 aromatic carbocycles. The molecular weight excluding hydrogens is 943 g/mol. The Kier molecular flexibility index (Phi) is 49.7. The Bertz CT molecular complexity index is 1360. The number of aliphatic hydroxyl groups excluding tert-OH is 5. The Morgan fingerprint density at radius 3 is 1.29 bits per heavy atom. The van der Waals surface area contributed by atoms with Gasteiger partial charge in [0.1, 0.15) is 24.4 Å². The molecular formula is C64H119NO10. The molecule has 11 heteroatoms. The van der Waals surface area contributed by atoms with Crippen LogP contribution in [0, 0.1) is 0 Å². The van der Waals surface area contributed by atoms with Crippen LogP contribution in [0.5, 0.6) is 0 Å². The van der Waals surface area contributed by atoms with Crippen LogP contribution in [-0.4, -0.2) is 99.6 Å². The monoisotopic (exact) mass is 1060 g/mol. The highest BCUT2D eigenvalue weighted by Crippen LogP contribution is 2.26. The summed E-state index contributed by atoms with van der Waals surface area (Å²) in [4.78, 5) is 26.5. The summed E-state index contributed by atoms with van der Waals surface area (Å²) in [7, 11) is 0. The van der Waals surface area contributed by atoms with Gasteiger partial charge in [0, 0.05) is 6.42 Å². The summed E-state index contributed by atoms with van der Waals surface area (Å²) in [5, 5.41) is 57.0. The first-order chi connectivity index (χ1) is 36.7. The molecule has 0 saturated carbocycles. The van der Waals surface area contributed by atoms with Crippen molar-refractivity contribution in [1.29, 1.82) is 0 Å². The fourth-order valence-corrected chi connectivity index (χ4v) is 9.94.